The van der Waals surface area contributed by atoms with Crippen LogP contribution in [0.5, 0.6) is 11.5 Å². The van der Waals surface area contributed by atoms with Gasteiger partial charge in [-0.1, -0.05) is 42.5 Å². The molecule has 31 heavy (non-hydrogen) atoms. The van der Waals surface area contributed by atoms with Crippen molar-refractivity contribution >= 4 is 17.5 Å². The first-order chi connectivity index (χ1) is 15.1. The van der Waals surface area contributed by atoms with Crippen molar-refractivity contribution in [3.8, 4) is 11.5 Å². The van der Waals surface area contributed by atoms with E-state index in [2.05, 4.69) is 17.4 Å². The Labute approximate surface area is 179 Å². The van der Waals surface area contributed by atoms with Gasteiger partial charge in [0.25, 0.3) is 0 Å². The minimum Gasteiger partial charge on any atom is -0.454 e. The lowest BCUT2D eigenvalue weighted by molar-refractivity contribution is -0.135. The maximum atomic E-state index is 13.3. The monoisotopic (exact) mass is 418 g/mol. The van der Waals surface area contributed by atoms with Crippen LogP contribution < -0.4 is 14.8 Å². The van der Waals surface area contributed by atoms with E-state index in [1.54, 1.807) is 18.2 Å². The van der Waals surface area contributed by atoms with Crippen LogP contribution in [0.1, 0.15) is 5.56 Å². The van der Waals surface area contributed by atoms with Gasteiger partial charge in [-0.15, -0.1) is 0 Å². The molecule has 4 aliphatic heterocycles. The summed E-state index contributed by atoms with van der Waals surface area (Å²) in [5, 5.41) is 2.94. The molecule has 6 rings (SSSR count). The first-order valence-corrected chi connectivity index (χ1v) is 10.5. The lowest BCUT2D eigenvalue weighted by atomic mass is 9.77. The predicted octanol–water partition coefficient (Wildman–Crippen LogP) is 2.38. The standard InChI is InChI=1S/C24H22N2O5/c27-22(25-16-6-7-17-19(12-16)30-14-29-17)20-18-8-10-24(31-18)13-26(23(28)21(20)24)11-9-15-4-2-1-3-5-15/h1-8,10,12,18,20-21H,9,11,13-14H2,(H,25,27)/t18-,20+,21-,24-/m1/s1. The van der Waals surface area contributed by atoms with Crippen molar-refractivity contribution in [3.63, 3.8) is 0 Å². The number of nitrogens with one attached hydrogen (secondary N) is 1. The fourth-order valence-corrected chi connectivity index (χ4v) is 5.18. The number of carbonyl (C=O) groups excluding carboxylic acids is 2. The van der Waals surface area contributed by atoms with Gasteiger partial charge in [-0.05, 0) is 24.1 Å². The second-order valence-electron chi connectivity index (χ2n) is 8.45. The molecule has 158 valence electrons. The van der Waals surface area contributed by atoms with Crippen LogP contribution in [-0.4, -0.2) is 48.3 Å². The number of rotatable bonds is 5. The van der Waals surface area contributed by atoms with Gasteiger partial charge >= 0.3 is 0 Å². The fraction of sp³-hybridized carbons (Fsp3) is 0.333. The molecule has 7 nitrogen and oxygen atoms in total. The van der Waals surface area contributed by atoms with Crippen LogP contribution >= 0.6 is 0 Å². The fourth-order valence-electron chi connectivity index (χ4n) is 5.18. The third-order valence-corrected chi connectivity index (χ3v) is 6.63. The number of carbonyl (C=O) groups is 2. The van der Waals surface area contributed by atoms with Gasteiger partial charge in [-0.3, -0.25) is 9.59 Å². The molecule has 4 atom stereocenters. The van der Waals surface area contributed by atoms with Crippen LogP contribution in [0, 0.1) is 11.8 Å². The lowest BCUT2D eigenvalue weighted by Gasteiger charge is -2.23. The highest BCUT2D eigenvalue weighted by molar-refractivity contribution is 5.99. The van der Waals surface area contributed by atoms with Crippen LogP contribution in [0.4, 0.5) is 5.69 Å². The molecule has 2 aromatic carbocycles. The molecule has 0 aromatic heterocycles. The van der Waals surface area contributed by atoms with E-state index in [1.807, 2.05) is 35.3 Å². The van der Waals surface area contributed by atoms with E-state index in [0.717, 1.165) is 6.42 Å². The van der Waals surface area contributed by atoms with Crippen molar-refractivity contribution in [2.24, 2.45) is 11.8 Å². The van der Waals surface area contributed by atoms with Crippen molar-refractivity contribution in [2.45, 2.75) is 18.1 Å². The third-order valence-electron chi connectivity index (χ3n) is 6.63. The number of hydrogen-bond acceptors (Lipinski definition) is 5. The summed E-state index contributed by atoms with van der Waals surface area (Å²) in [5.41, 5.74) is 1.10. The average Bonchev–Trinajstić information content (AvgIpc) is 3.53. The van der Waals surface area contributed by atoms with Crippen LogP contribution in [-0.2, 0) is 20.7 Å². The van der Waals surface area contributed by atoms with Gasteiger partial charge in [0.05, 0.1) is 24.5 Å². The first-order valence-electron chi connectivity index (χ1n) is 10.5. The lowest BCUT2D eigenvalue weighted by Crippen LogP contribution is -2.41. The number of amides is 2. The molecule has 2 saturated heterocycles. The highest BCUT2D eigenvalue weighted by atomic mass is 16.7. The smallest absolute Gasteiger partial charge is 0.231 e. The molecule has 2 bridgehead atoms. The number of ether oxygens (including phenoxy) is 3. The van der Waals surface area contributed by atoms with Crippen LogP contribution in [0.3, 0.4) is 0 Å². The number of nitrogens with zero attached hydrogens (tertiary/aromatic N) is 1. The van der Waals surface area contributed by atoms with Crippen LogP contribution in [0.25, 0.3) is 0 Å². The van der Waals surface area contributed by atoms with Gasteiger partial charge in [0.1, 0.15) is 5.60 Å². The Morgan fingerprint density at radius 3 is 2.84 bits per heavy atom. The van der Waals surface area contributed by atoms with Gasteiger partial charge in [0, 0.05) is 18.3 Å². The predicted molar refractivity (Wildman–Crippen MR) is 112 cm³/mol. The van der Waals surface area contributed by atoms with E-state index in [9.17, 15) is 9.59 Å². The molecule has 4 aliphatic rings. The van der Waals surface area contributed by atoms with E-state index in [4.69, 9.17) is 14.2 Å². The zero-order valence-corrected chi connectivity index (χ0v) is 16.8. The Hall–Kier alpha value is -3.32. The second-order valence-corrected chi connectivity index (χ2v) is 8.45. The van der Waals surface area contributed by atoms with E-state index < -0.39 is 17.4 Å². The van der Waals surface area contributed by atoms with Crippen molar-refractivity contribution < 1.29 is 23.8 Å². The van der Waals surface area contributed by atoms with Crippen molar-refractivity contribution in [3.05, 3.63) is 66.2 Å². The molecule has 0 saturated carbocycles. The van der Waals surface area contributed by atoms with Gasteiger partial charge in [-0.25, -0.2) is 0 Å². The van der Waals surface area contributed by atoms with Gasteiger partial charge in [0.15, 0.2) is 11.5 Å². The molecule has 0 aliphatic carbocycles. The van der Waals surface area contributed by atoms with E-state index in [-0.39, 0.29) is 24.7 Å². The minimum atomic E-state index is -0.699. The molecule has 7 heteroatoms. The highest BCUT2D eigenvalue weighted by Crippen LogP contribution is 2.52. The quantitative estimate of drug-likeness (QED) is 0.755. The summed E-state index contributed by atoms with van der Waals surface area (Å²) in [6.45, 7) is 1.28. The zero-order valence-electron chi connectivity index (χ0n) is 16.8. The SMILES string of the molecule is O=C(Nc1ccc2c(c1)OCO2)[C@H]1[C@H]2C=C[C@]3(CN(CCc4ccccc4)C(=O)[C@@H]13)O2. The Kier molecular flexibility index (Phi) is 4.08. The second kappa shape index (κ2) is 6.85. The molecule has 2 fully saturated rings. The van der Waals surface area contributed by atoms with Crippen LogP contribution in [0.15, 0.2) is 60.7 Å². The topological polar surface area (TPSA) is 77.1 Å². The summed E-state index contributed by atoms with van der Waals surface area (Å²) in [4.78, 5) is 28.4. The molecule has 2 aromatic rings. The molecular formula is C24H22N2O5. The Balaban J connectivity index is 1.19. The number of hydrogen-bond donors (Lipinski definition) is 1. The van der Waals surface area contributed by atoms with E-state index in [1.165, 1.54) is 5.56 Å². The third kappa shape index (κ3) is 2.91. The van der Waals surface area contributed by atoms with Gasteiger partial charge in [0.2, 0.25) is 18.6 Å². The number of anilines is 1. The summed E-state index contributed by atoms with van der Waals surface area (Å²) >= 11 is 0. The number of fused-ring (bicyclic) bond motifs is 2. The summed E-state index contributed by atoms with van der Waals surface area (Å²) in [6.07, 6.45) is 4.30. The van der Waals surface area contributed by atoms with Crippen LogP contribution in [0.2, 0.25) is 0 Å². The Morgan fingerprint density at radius 2 is 1.97 bits per heavy atom. The van der Waals surface area contributed by atoms with E-state index in [0.29, 0.717) is 30.3 Å². The maximum absolute atomic E-state index is 13.3. The highest BCUT2D eigenvalue weighted by Gasteiger charge is 2.66. The Bertz CT molecular complexity index is 1080. The molecule has 0 radical (unpaired) electrons. The first kappa shape index (κ1) is 18.4. The number of benzene rings is 2. The van der Waals surface area contributed by atoms with Crippen molar-refractivity contribution in [1.29, 1.82) is 0 Å². The van der Waals surface area contributed by atoms with E-state index >= 15 is 0 Å². The Morgan fingerprint density at radius 1 is 1.13 bits per heavy atom. The number of likely N-dealkylation sites (tertiary alicyclic amines) is 1. The summed E-state index contributed by atoms with van der Waals surface area (Å²) in [5.74, 6) is -0.00513. The normalized spacial score (nSPS) is 29.5. The summed E-state index contributed by atoms with van der Waals surface area (Å²) in [7, 11) is 0. The van der Waals surface area contributed by atoms with Crippen molar-refractivity contribution in [1.82, 2.24) is 4.90 Å². The summed E-state index contributed by atoms with van der Waals surface area (Å²) < 4.78 is 16.9. The molecular weight excluding hydrogens is 396 g/mol. The van der Waals surface area contributed by atoms with Crippen molar-refractivity contribution in [2.75, 3.05) is 25.2 Å². The zero-order chi connectivity index (χ0) is 21.0. The van der Waals surface area contributed by atoms with Gasteiger partial charge in [-0.2, -0.15) is 0 Å². The molecule has 4 heterocycles. The molecule has 2 amide bonds. The molecule has 1 N–H and O–H groups in total. The van der Waals surface area contributed by atoms with Gasteiger partial charge < -0.3 is 24.4 Å². The minimum absolute atomic E-state index is 0.00591. The average molecular weight is 418 g/mol. The molecule has 0 unspecified atom stereocenters. The molecule has 1 spiro atoms. The summed E-state index contributed by atoms with van der Waals surface area (Å²) in [6, 6.07) is 15.4. The maximum Gasteiger partial charge on any atom is 0.231 e. The largest absolute Gasteiger partial charge is 0.454 e.